The van der Waals surface area contributed by atoms with Gasteiger partial charge in [-0.05, 0) is 6.42 Å². The molecule has 0 aromatic carbocycles. The molecule has 20 heavy (non-hydrogen) atoms. The molecular weight excluding hydrogens is 254 g/mol. The minimum atomic E-state index is 0.513. The number of hydrogen-bond acceptors (Lipinski definition) is 6. The van der Waals surface area contributed by atoms with Crippen LogP contribution in [-0.4, -0.2) is 60.7 Å². The van der Waals surface area contributed by atoms with E-state index in [-0.39, 0.29) is 0 Å². The van der Waals surface area contributed by atoms with Crippen LogP contribution in [0.3, 0.4) is 0 Å². The van der Waals surface area contributed by atoms with E-state index in [2.05, 4.69) is 26.7 Å². The molecule has 1 aliphatic rings. The van der Waals surface area contributed by atoms with Gasteiger partial charge in [0.25, 0.3) is 0 Å². The van der Waals surface area contributed by atoms with Crippen LogP contribution in [0.2, 0.25) is 0 Å². The van der Waals surface area contributed by atoms with Gasteiger partial charge in [-0.1, -0.05) is 13.3 Å². The highest BCUT2D eigenvalue weighted by Crippen LogP contribution is 2.17. The van der Waals surface area contributed by atoms with E-state index in [4.69, 9.17) is 10.5 Å². The molecule has 6 heteroatoms. The molecule has 0 spiro atoms. The summed E-state index contributed by atoms with van der Waals surface area (Å²) in [6.07, 6.45) is 5.79. The lowest BCUT2D eigenvalue weighted by molar-refractivity contribution is 0.179. The molecule has 0 amide bonds. The van der Waals surface area contributed by atoms with E-state index in [1.807, 2.05) is 0 Å². The number of aromatic nitrogens is 2. The predicted molar refractivity (Wildman–Crippen MR) is 80.1 cm³/mol. The van der Waals surface area contributed by atoms with Crippen LogP contribution in [0.1, 0.15) is 19.8 Å². The van der Waals surface area contributed by atoms with Gasteiger partial charge in [0.2, 0.25) is 5.88 Å². The first-order valence-corrected chi connectivity index (χ1v) is 7.33. The highest BCUT2D eigenvalue weighted by Gasteiger charge is 2.23. The van der Waals surface area contributed by atoms with Crippen LogP contribution in [0.4, 0.5) is 5.82 Å². The standard InChI is InChI=1S/C14H25N5O/c1-3-4-12(9-15)18-5-7-19(8-6-18)13-10-16-11-14(17-13)20-2/h10-12H,3-9,15H2,1-2H3. The van der Waals surface area contributed by atoms with Crippen molar-refractivity contribution < 1.29 is 4.74 Å². The van der Waals surface area contributed by atoms with Gasteiger partial charge in [0, 0.05) is 38.8 Å². The van der Waals surface area contributed by atoms with Gasteiger partial charge in [0.05, 0.1) is 19.5 Å². The maximum atomic E-state index is 5.88. The summed E-state index contributed by atoms with van der Waals surface area (Å²) in [6.45, 7) is 6.93. The molecule has 1 atom stereocenters. The van der Waals surface area contributed by atoms with Crippen LogP contribution >= 0.6 is 0 Å². The second-order valence-electron chi connectivity index (χ2n) is 5.12. The summed E-state index contributed by atoms with van der Waals surface area (Å²) in [6, 6.07) is 0.513. The molecule has 1 aromatic heterocycles. The largest absolute Gasteiger partial charge is 0.480 e. The number of piperazine rings is 1. The number of ether oxygens (including phenoxy) is 1. The quantitative estimate of drug-likeness (QED) is 0.828. The van der Waals surface area contributed by atoms with Crippen molar-refractivity contribution >= 4 is 5.82 Å². The Kier molecular flexibility index (Phi) is 5.55. The van der Waals surface area contributed by atoms with Crippen molar-refractivity contribution in [3.05, 3.63) is 12.4 Å². The molecule has 1 aromatic rings. The zero-order valence-corrected chi connectivity index (χ0v) is 12.5. The fourth-order valence-electron chi connectivity index (χ4n) is 2.69. The Morgan fingerprint density at radius 3 is 2.65 bits per heavy atom. The van der Waals surface area contributed by atoms with Crippen LogP contribution < -0.4 is 15.4 Å². The van der Waals surface area contributed by atoms with Crippen molar-refractivity contribution in [2.24, 2.45) is 5.73 Å². The number of nitrogens with zero attached hydrogens (tertiary/aromatic N) is 4. The van der Waals surface area contributed by atoms with E-state index in [1.54, 1.807) is 19.5 Å². The Labute approximate surface area is 120 Å². The molecule has 0 saturated carbocycles. The summed E-state index contributed by atoms with van der Waals surface area (Å²) >= 11 is 0. The van der Waals surface area contributed by atoms with Crippen molar-refractivity contribution in [3.8, 4) is 5.88 Å². The van der Waals surface area contributed by atoms with Crippen molar-refractivity contribution in [1.82, 2.24) is 14.9 Å². The summed E-state index contributed by atoms with van der Waals surface area (Å²) < 4.78 is 5.13. The van der Waals surface area contributed by atoms with Gasteiger partial charge in [-0.15, -0.1) is 0 Å². The third-order valence-corrected chi connectivity index (χ3v) is 3.86. The average Bonchev–Trinajstić information content (AvgIpc) is 2.53. The van der Waals surface area contributed by atoms with Gasteiger partial charge < -0.3 is 15.4 Å². The molecule has 1 saturated heterocycles. The molecule has 2 N–H and O–H groups in total. The van der Waals surface area contributed by atoms with Crippen molar-refractivity contribution in [2.75, 3.05) is 44.7 Å². The minimum absolute atomic E-state index is 0.513. The maximum Gasteiger partial charge on any atom is 0.233 e. The fraction of sp³-hybridized carbons (Fsp3) is 0.714. The number of hydrogen-bond donors (Lipinski definition) is 1. The van der Waals surface area contributed by atoms with Gasteiger partial charge in [-0.25, -0.2) is 0 Å². The van der Waals surface area contributed by atoms with Crippen molar-refractivity contribution in [1.29, 1.82) is 0 Å². The first kappa shape index (κ1) is 15.0. The Balaban J connectivity index is 1.93. The zero-order chi connectivity index (χ0) is 14.4. The van der Waals surface area contributed by atoms with Crippen LogP contribution in [-0.2, 0) is 0 Å². The van der Waals surface area contributed by atoms with Gasteiger partial charge in [0.1, 0.15) is 0 Å². The summed E-state index contributed by atoms with van der Waals surface area (Å²) in [5.74, 6) is 1.46. The van der Waals surface area contributed by atoms with Crippen LogP contribution in [0.5, 0.6) is 5.88 Å². The smallest absolute Gasteiger partial charge is 0.233 e. The van der Waals surface area contributed by atoms with Gasteiger partial charge >= 0.3 is 0 Å². The van der Waals surface area contributed by atoms with Crippen LogP contribution in [0.25, 0.3) is 0 Å². The summed E-state index contributed by atoms with van der Waals surface area (Å²) in [7, 11) is 1.61. The topological polar surface area (TPSA) is 67.5 Å². The Morgan fingerprint density at radius 1 is 1.30 bits per heavy atom. The van der Waals surface area contributed by atoms with Crippen molar-refractivity contribution in [3.63, 3.8) is 0 Å². The molecule has 2 rings (SSSR count). The van der Waals surface area contributed by atoms with Crippen molar-refractivity contribution in [2.45, 2.75) is 25.8 Å². The molecule has 1 unspecified atom stereocenters. The average molecular weight is 279 g/mol. The first-order valence-electron chi connectivity index (χ1n) is 7.33. The Hall–Kier alpha value is -1.40. The normalized spacial score (nSPS) is 18.1. The van der Waals surface area contributed by atoms with Crippen LogP contribution in [0, 0.1) is 0 Å². The van der Waals surface area contributed by atoms with E-state index in [0.29, 0.717) is 11.9 Å². The highest BCUT2D eigenvalue weighted by molar-refractivity contribution is 5.38. The SMILES string of the molecule is CCCC(CN)N1CCN(c2cncc(OC)n2)CC1. The minimum Gasteiger partial charge on any atom is -0.480 e. The molecule has 2 heterocycles. The fourth-order valence-corrected chi connectivity index (χ4v) is 2.69. The second-order valence-corrected chi connectivity index (χ2v) is 5.12. The molecule has 0 aliphatic carbocycles. The monoisotopic (exact) mass is 279 g/mol. The lowest BCUT2D eigenvalue weighted by Crippen LogP contribution is -2.52. The van der Waals surface area contributed by atoms with E-state index < -0.39 is 0 Å². The number of nitrogens with two attached hydrogens (primary N) is 1. The number of rotatable bonds is 6. The van der Waals surface area contributed by atoms with E-state index in [9.17, 15) is 0 Å². The third-order valence-electron chi connectivity index (χ3n) is 3.86. The molecule has 6 nitrogen and oxygen atoms in total. The highest BCUT2D eigenvalue weighted by atomic mass is 16.5. The lowest BCUT2D eigenvalue weighted by Gasteiger charge is -2.39. The van der Waals surface area contributed by atoms with E-state index in [1.165, 1.54) is 12.8 Å². The maximum absolute atomic E-state index is 5.88. The van der Waals surface area contributed by atoms with Crippen LogP contribution in [0.15, 0.2) is 12.4 Å². The second kappa shape index (κ2) is 7.40. The molecule has 1 aliphatic heterocycles. The van der Waals surface area contributed by atoms with Gasteiger partial charge in [0.15, 0.2) is 5.82 Å². The summed E-state index contributed by atoms with van der Waals surface area (Å²) in [5, 5.41) is 0. The zero-order valence-electron chi connectivity index (χ0n) is 12.5. The number of anilines is 1. The van der Waals surface area contributed by atoms with E-state index in [0.717, 1.165) is 38.5 Å². The number of methoxy groups -OCH3 is 1. The summed E-state index contributed by atoms with van der Waals surface area (Å²) in [4.78, 5) is 13.4. The third kappa shape index (κ3) is 3.58. The van der Waals surface area contributed by atoms with Gasteiger partial charge in [-0.3, -0.25) is 9.88 Å². The molecule has 112 valence electrons. The summed E-state index contributed by atoms with van der Waals surface area (Å²) in [5.41, 5.74) is 5.88. The lowest BCUT2D eigenvalue weighted by atomic mass is 10.1. The Bertz CT molecular complexity index is 406. The molecule has 0 bridgehead atoms. The van der Waals surface area contributed by atoms with E-state index >= 15 is 0 Å². The predicted octanol–water partition coefficient (Wildman–Crippen LogP) is 0.735. The Morgan fingerprint density at radius 2 is 2.05 bits per heavy atom. The molecule has 0 radical (unpaired) electrons. The molecule has 1 fully saturated rings. The van der Waals surface area contributed by atoms with Gasteiger partial charge in [-0.2, -0.15) is 4.98 Å². The molecular formula is C14H25N5O. The first-order chi connectivity index (χ1) is 9.78.